The van der Waals surface area contributed by atoms with Crippen LogP contribution in [0, 0.1) is 13.8 Å². The Balaban J connectivity index is 1.75. The molecule has 1 heterocycles. The Morgan fingerprint density at radius 2 is 1.84 bits per heavy atom. The van der Waals surface area contributed by atoms with Crippen molar-refractivity contribution in [3.05, 3.63) is 64.4 Å². The molecule has 8 heteroatoms. The van der Waals surface area contributed by atoms with Gasteiger partial charge in [0.2, 0.25) is 0 Å². The number of ether oxygens (including phenoxy) is 2. The van der Waals surface area contributed by atoms with E-state index in [0.29, 0.717) is 27.9 Å². The molecule has 1 aliphatic rings. The highest BCUT2D eigenvalue weighted by molar-refractivity contribution is 7.80. The lowest BCUT2D eigenvalue weighted by Crippen LogP contribution is -2.44. The summed E-state index contributed by atoms with van der Waals surface area (Å²) in [4.78, 5) is 24.6. The Morgan fingerprint density at radius 3 is 2.50 bits per heavy atom. The second kappa shape index (κ2) is 9.82. The van der Waals surface area contributed by atoms with Crippen LogP contribution in [0.15, 0.2) is 47.7 Å². The molecule has 7 nitrogen and oxygen atoms in total. The zero-order chi connectivity index (χ0) is 23.4. The van der Waals surface area contributed by atoms with E-state index in [9.17, 15) is 9.59 Å². The molecule has 3 N–H and O–H groups in total. The molecule has 1 aliphatic heterocycles. The maximum atomic E-state index is 12.4. The number of anilines is 1. The van der Waals surface area contributed by atoms with Crippen molar-refractivity contribution in [2.75, 3.05) is 19.0 Å². The van der Waals surface area contributed by atoms with Gasteiger partial charge in [0, 0.05) is 17.0 Å². The van der Waals surface area contributed by atoms with Crippen molar-refractivity contribution in [1.82, 2.24) is 10.6 Å². The summed E-state index contributed by atoms with van der Waals surface area (Å²) in [7, 11) is 1.52. The van der Waals surface area contributed by atoms with E-state index in [0.717, 1.165) is 22.4 Å². The second-order valence-corrected chi connectivity index (χ2v) is 8.10. The minimum absolute atomic E-state index is 0.0580. The van der Waals surface area contributed by atoms with E-state index >= 15 is 0 Å². The van der Waals surface area contributed by atoms with Crippen LogP contribution < -0.4 is 25.4 Å². The molecular formula is C24H27N3O4S. The molecule has 2 aromatic carbocycles. The molecule has 0 aromatic heterocycles. The molecule has 2 aromatic rings. The topological polar surface area (TPSA) is 88.7 Å². The summed E-state index contributed by atoms with van der Waals surface area (Å²) in [5.41, 5.74) is 4.97. The van der Waals surface area contributed by atoms with Gasteiger partial charge >= 0.3 is 0 Å². The van der Waals surface area contributed by atoms with Crippen LogP contribution in [0.5, 0.6) is 11.5 Å². The van der Waals surface area contributed by atoms with Crippen LogP contribution >= 0.6 is 12.2 Å². The number of ketones is 1. The first kappa shape index (κ1) is 23.3. The molecule has 0 bridgehead atoms. The van der Waals surface area contributed by atoms with Gasteiger partial charge in [-0.15, -0.1) is 0 Å². The second-order valence-electron chi connectivity index (χ2n) is 7.69. The quantitative estimate of drug-likeness (QED) is 0.551. The number of hydrogen-bond acceptors (Lipinski definition) is 5. The zero-order valence-corrected chi connectivity index (χ0v) is 19.6. The number of rotatable bonds is 7. The fourth-order valence-corrected chi connectivity index (χ4v) is 3.95. The largest absolute Gasteiger partial charge is 0.493 e. The van der Waals surface area contributed by atoms with Gasteiger partial charge in [-0.25, -0.2) is 0 Å². The van der Waals surface area contributed by atoms with Crippen molar-refractivity contribution in [2.24, 2.45) is 0 Å². The Bertz CT molecular complexity index is 1110. The minimum atomic E-state index is -0.406. The predicted molar refractivity (Wildman–Crippen MR) is 128 cm³/mol. The zero-order valence-electron chi connectivity index (χ0n) is 18.8. The number of thiocarbonyl (C=S) groups is 1. The molecule has 3 rings (SSSR count). The molecular weight excluding hydrogens is 426 g/mol. The van der Waals surface area contributed by atoms with Crippen molar-refractivity contribution in [3.8, 4) is 11.5 Å². The summed E-state index contributed by atoms with van der Waals surface area (Å²) < 4.78 is 11.2. The van der Waals surface area contributed by atoms with Crippen LogP contribution in [0.4, 0.5) is 5.69 Å². The number of aryl methyl sites for hydroxylation is 2. The van der Waals surface area contributed by atoms with Gasteiger partial charge in [-0.3, -0.25) is 9.59 Å². The van der Waals surface area contributed by atoms with Crippen molar-refractivity contribution >= 4 is 34.7 Å². The third-order valence-electron chi connectivity index (χ3n) is 5.18. The van der Waals surface area contributed by atoms with Gasteiger partial charge in [-0.05, 0) is 69.2 Å². The lowest BCUT2D eigenvalue weighted by molar-refractivity contribution is -0.118. The number of methoxy groups -OCH3 is 1. The molecule has 1 unspecified atom stereocenters. The van der Waals surface area contributed by atoms with E-state index in [-0.39, 0.29) is 18.3 Å². The van der Waals surface area contributed by atoms with Crippen LogP contribution in [-0.4, -0.2) is 30.5 Å². The Labute approximate surface area is 193 Å². The highest BCUT2D eigenvalue weighted by atomic mass is 32.1. The first-order valence-corrected chi connectivity index (χ1v) is 10.6. The molecule has 0 saturated carbocycles. The summed E-state index contributed by atoms with van der Waals surface area (Å²) in [5.74, 6) is 0.547. The standard InChI is InChI=1S/C24H27N3O4S/c1-13-6-8-18(14(2)10-13)26-21(29)12-31-19-9-7-17(11-20(19)30-5)23-22(16(4)28)15(3)25-24(32)27-23/h6-11,23H,12H2,1-5H3,(H,26,29)(H2,25,27,32). The highest BCUT2D eigenvalue weighted by Crippen LogP contribution is 2.34. The van der Waals surface area contributed by atoms with Gasteiger partial charge < -0.3 is 25.4 Å². The maximum absolute atomic E-state index is 12.4. The summed E-state index contributed by atoms with van der Waals surface area (Å²) in [6.45, 7) is 7.11. The van der Waals surface area contributed by atoms with Crippen LogP contribution in [0.25, 0.3) is 0 Å². The average Bonchev–Trinajstić information content (AvgIpc) is 2.73. The third-order valence-corrected chi connectivity index (χ3v) is 5.40. The molecule has 32 heavy (non-hydrogen) atoms. The van der Waals surface area contributed by atoms with Crippen LogP contribution in [-0.2, 0) is 9.59 Å². The van der Waals surface area contributed by atoms with E-state index in [1.54, 1.807) is 12.1 Å². The SMILES string of the molecule is COc1cc(C2NC(=S)NC(C)=C2C(C)=O)ccc1OCC(=O)Nc1ccc(C)cc1C. The fraction of sp³-hybridized carbons (Fsp3) is 0.292. The van der Waals surface area contributed by atoms with Crippen LogP contribution in [0.2, 0.25) is 0 Å². The van der Waals surface area contributed by atoms with E-state index < -0.39 is 6.04 Å². The molecule has 1 amide bonds. The first-order chi connectivity index (χ1) is 15.2. The van der Waals surface area contributed by atoms with Crippen molar-refractivity contribution in [1.29, 1.82) is 0 Å². The van der Waals surface area contributed by atoms with Crippen LogP contribution in [0.1, 0.15) is 36.6 Å². The number of amides is 1. The van der Waals surface area contributed by atoms with E-state index in [2.05, 4.69) is 16.0 Å². The van der Waals surface area contributed by atoms with Gasteiger partial charge in [-0.2, -0.15) is 0 Å². The minimum Gasteiger partial charge on any atom is -0.493 e. The number of benzene rings is 2. The van der Waals surface area contributed by atoms with Crippen molar-refractivity contribution in [3.63, 3.8) is 0 Å². The fourth-order valence-electron chi connectivity index (χ4n) is 3.68. The lowest BCUT2D eigenvalue weighted by atomic mass is 9.93. The molecule has 0 fully saturated rings. The molecule has 0 radical (unpaired) electrons. The van der Waals surface area contributed by atoms with Gasteiger partial charge in [0.1, 0.15) is 0 Å². The van der Waals surface area contributed by atoms with E-state index in [1.165, 1.54) is 14.0 Å². The van der Waals surface area contributed by atoms with Crippen LogP contribution in [0.3, 0.4) is 0 Å². The smallest absolute Gasteiger partial charge is 0.262 e. The maximum Gasteiger partial charge on any atom is 0.262 e. The Morgan fingerprint density at radius 1 is 1.09 bits per heavy atom. The molecule has 0 spiro atoms. The normalized spacial score (nSPS) is 15.5. The van der Waals surface area contributed by atoms with Crippen molar-refractivity contribution in [2.45, 2.75) is 33.7 Å². The Kier molecular flexibility index (Phi) is 7.15. The number of nitrogens with one attached hydrogen (secondary N) is 3. The molecule has 168 valence electrons. The third kappa shape index (κ3) is 5.26. The van der Waals surface area contributed by atoms with Gasteiger partial charge in [0.05, 0.1) is 13.2 Å². The Hall–Kier alpha value is -3.39. The predicted octanol–water partition coefficient (Wildman–Crippen LogP) is 3.71. The van der Waals surface area contributed by atoms with Crippen molar-refractivity contribution < 1.29 is 19.1 Å². The van der Waals surface area contributed by atoms with Gasteiger partial charge in [-0.1, -0.05) is 23.8 Å². The van der Waals surface area contributed by atoms with Gasteiger partial charge in [0.15, 0.2) is 29.0 Å². The number of carbonyl (C=O) groups is 2. The molecule has 0 saturated heterocycles. The van der Waals surface area contributed by atoms with E-state index in [4.69, 9.17) is 21.7 Å². The number of hydrogen-bond donors (Lipinski definition) is 3. The van der Waals surface area contributed by atoms with E-state index in [1.807, 2.05) is 45.0 Å². The summed E-state index contributed by atoms with van der Waals surface area (Å²) >= 11 is 5.26. The number of Topliss-reactive ketones (excluding diaryl/α,β-unsaturated/α-hetero) is 1. The highest BCUT2D eigenvalue weighted by Gasteiger charge is 2.28. The average molecular weight is 454 g/mol. The molecule has 1 atom stereocenters. The molecule has 0 aliphatic carbocycles. The number of carbonyl (C=O) groups excluding carboxylic acids is 2. The summed E-state index contributed by atoms with van der Waals surface area (Å²) in [6, 6.07) is 10.7. The first-order valence-electron chi connectivity index (χ1n) is 10.2. The summed E-state index contributed by atoms with van der Waals surface area (Å²) in [5, 5.41) is 9.42. The van der Waals surface area contributed by atoms with Gasteiger partial charge in [0.25, 0.3) is 5.91 Å². The monoisotopic (exact) mass is 453 g/mol. The summed E-state index contributed by atoms with van der Waals surface area (Å²) in [6.07, 6.45) is 0. The number of allylic oxidation sites excluding steroid dienone is 1. The lowest BCUT2D eigenvalue weighted by Gasteiger charge is -2.30.